The zero-order chi connectivity index (χ0) is 25.8. The molecular formula is C25H20ClF2N5O3. The molecule has 184 valence electrons. The van der Waals surface area contributed by atoms with Crippen molar-refractivity contribution in [1.82, 2.24) is 14.8 Å². The second kappa shape index (κ2) is 10.6. The van der Waals surface area contributed by atoms with Gasteiger partial charge in [-0.25, -0.2) is 18.4 Å². The molecule has 0 radical (unpaired) electrons. The fourth-order valence-corrected chi connectivity index (χ4v) is 3.66. The van der Waals surface area contributed by atoms with Gasteiger partial charge < -0.3 is 16.2 Å². The minimum Gasteiger partial charge on any atom is -0.396 e. The van der Waals surface area contributed by atoms with Gasteiger partial charge in [0.1, 0.15) is 17.2 Å². The fourth-order valence-electron chi connectivity index (χ4n) is 3.45. The molecule has 8 nitrogen and oxygen atoms in total. The molecule has 4 rings (SSSR count). The van der Waals surface area contributed by atoms with Gasteiger partial charge in [0.15, 0.2) is 23.2 Å². The zero-order valence-corrected chi connectivity index (χ0v) is 19.5. The van der Waals surface area contributed by atoms with Gasteiger partial charge in [-0.05, 0) is 30.7 Å². The average Bonchev–Trinajstić information content (AvgIpc) is 3.29. The number of aromatic nitrogens is 3. The first-order valence-electron chi connectivity index (χ1n) is 10.8. The van der Waals surface area contributed by atoms with Crippen LogP contribution in [-0.2, 0) is 0 Å². The Balaban J connectivity index is 1.70. The van der Waals surface area contributed by atoms with Gasteiger partial charge in [0.2, 0.25) is 0 Å². The normalized spacial score (nSPS) is 10.9. The molecule has 0 unspecified atom stereocenters. The summed E-state index contributed by atoms with van der Waals surface area (Å²) in [5.74, 6) is -3.22. The van der Waals surface area contributed by atoms with Gasteiger partial charge in [0, 0.05) is 30.7 Å². The summed E-state index contributed by atoms with van der Waals surface area (Å²) in [7, 11) is 0. The van der Waals surface area contributed by atoms with Crippen molar-refractivity contribution in [3.63, 3.8) is 0 Å². The Bertz CT molecular complexity index is 1440. The molecule has 2 aromatic carbocycles. The highest BCUT2D eigenvalue weighted by Crippen LogP contribution is 2.29. The first-order valence-corrected chi connectivity index (χ1v) is 11.2. The van der Waals surface area contributed by atoms with Crippen LogP contribution in [0.4, 0.5) is 20.4 Å². The average molecular weight is 512 g/mol. The molecule has 4 aromatic rings. The van der Waals surface area contributed by atoms with Crippen LogP contribution in [0.3, 0.4) is 0 Å². The number of nitrogens with zero attached hydrogens (tertiary/aromatic N) is 3. The molecule has 0 atom stereocenters. The fraction of sp³-hybridized carbons (Fsp3) is 0.120. The third-order valence-electron chi connectivity index (χ3n) is 5.24. The summed E-state index contributed by atoms with van der Waals surface area (Å²) in [6.45, 7) is -0.140. The third kappa shape index (κ3) is 5.24. The van der Waals surface area contributed by atoms with E-state index >= 15 is 0 Å². The van der Waals surface area contributed by atoms with Crippen molar-refractivity contribution >= 4 is 34.9 Å². The number of amides is 1. The smallest absolute Gasteiger partial charge is 0.258 e. The Morgan fingerprint density at radius 1 is 1.06 bits per heavy atom. The predicted octanol–water partition coefficient (Wildman–Crippen LogP) is 4.66. The molecule has 0 saturated heterocycles. The highest BCUT2D eigenvalue weighted by atomic mass is 35.5. The number of aliphatic hydroxyl groups is 1. The van der Waals surface area contributed by atoms with Crippen LogP contribution in [0.15, 0.2) is 60.7 Å². The minimum absolute atomic E-state index is 0.0211. The zero-order valence-electron chi connectivity index (χ0n) is 18.7. The highest BCUT2D eigenvalue weighted by molar-refractivity contribution is 6.34. The Hall–Kier alpha value is -4.15. The Morgan fingerprint density at radius 2 is 1.81 bits per heavy atom. The largest absolute Gasteiger partial charge is 0.396 e. The maximum atomic E-state index is 14.4. The van der Waals surface area contributed by atoms with Crippen molar-refractivity contribution in [3.8, 4) is 16.9 Å². The summed E-state index contributed by atoms with van der Waals surface area (Å²) in [4.78, 5) is 29.4. The monoisotopic (exact) mass is 511 g/mol. The number of ketones is 1. The Labute approximate surface area is 209 Å². The van der Waals surface area contributed by atoms with E-state index in [2.05, 4.69) is 15.4 Å². The standard InChI is InChI=1S/C25H20ClF2N5O3/c26-17-9-8-14(23-18(27)12-19(28)24(29)31-23)11-16(17)25(36)30-22-13-20(21(35)7-4-10-34)32-33(22)15-5-2-1-3-6-15/h1-3,5-6,8-9,11-13,34H,4,7,10H2,(H2,29,31)(H,30,36). The number of anilines is 2. The van der Waals surface area contributed by atoms with Gasteiger partial charge >= 0.3 is 0 Å². The number of nitrogens with two attached hydrogens (primary N) is 1. The van der Waals surface area contributed by atoms with Gasteiger partial charge in [-0.1, -0.05) is 35.9 Å². The quantitative estimate of drug-likeness (QED) is 0.296. The number of rotatable bonds is 8. The van der Waals surface area contributed by atoms with Crippen LogP contribution in [0.5, 0.6) is 0 Å². The van der Waals surface area contributed by atoms with Crippen molar-refractivity contribution < 1.29 is 23.5 Å². The maximum Gasteiger partial charge on any atom is 0.258 e. The molecule has 0 fully saturated rings. The minimum atomic E-state index is -0.998. The summed E-state index contributed by atoms with van der Waals surface area (Å²) in [6, 6.07) is 15.0. The van der Waals surface area contributed by atoms with Crippen molar-refractivity contribution in [1.29, 1.82) is 0 Å². The molecular weight excluding hydrogens is 492 g/mol. The van der Waals surface area contributed by atoms with E-state index in [1.165, 1.54) is 28.9 Å². The number of pyridine rings is 1. The lowest BCUT2D eigenvalue weighted by molar-refractivity contribution is 0.0965. The van der Waals surface area contributed by atoms with E-state index in [1.54, 1.807) is 30.3 Å². The van der Waals surface area contributed by atoms with Gasteiger partial charge in [-0.15, -0.1) is 0 Å². The van der Waals surface area contributed by atoms with Crippen LogP contribution >= 0.6 is 11.6 Å². The van der Waals surface area contributed by atoms with Crippen LogP contribution in [0.1, 0.15) is 33.7 Å². The number of halogens is 3. The maximum absolute atomic E-state index is 14.4. The summed E-state index contributed by atoms with van der Waals surface area (Å²) >= 11 is 6.25. The molecule has 1 amide bonds. The Kier molecular flexibility index (Phi) is 7.37. The van der Waals surface area contributed by atoms with Crippen LogP contribution in [0.2, 0.25) is 5.02 Å². The third-order valence-corrected chi connectivity index (χ3v) is 5.57. The molecule has 4 N–H and O–H groups in total. The number of carbonyl (C=O) groups excluding carboxylic acids is 2. The van der Waals surface area contributed by atoms with E-state index in [9.17, 15) is 18.4 Å². The van der Waals surface area contributed by atoms with Crippen molar-refractivity contribution in [3.05, 3.63) is 88.6 Å². The molecule has 0 aliphatic rings. The number of benzene rings is 2. The molecule has 0 aliphatic carbocycles. The van der Waals surface area contributed by atoms with E-state index in [1.807, 2.05) is 0 Å². The molecule has 36 heavy (non-hydrogen) atoms. The first kappa shape index (κ1) is 25.0. The van der Waals surface area contributed by atoms with Crippen molar-refractivity contribution in [2.45, 2.75) is 12.8 Å². The van der Waals surface area contributed by atoms with E-state index in [-0.39, 0.29) is 58.6 Å². The molecule has 11 heteroatoms. The first-order chi connectivity index (χ1) is 17.3. The van der Waals surface area contributed by atoms with Gasteiger partial charge in [0.25, 0.3) is 5.91 Å². The molecule has 0 spiro atoms. The number of aliphatic hydroxyl groups excluding tert-OH is 1. The van der Waals surface area contributed by atoms with Crippen molar-refractivity contribution in [2.75, 3.05) is 17.7 Å². The van der Waals surface area contributed by atoms with Crippen molar-refractivity contribution in [2.24, 2.45) is 0 Å². The van der Waals surface area contributed by atoms with Crippen LogP contribution in [0.25, 0.3) is 16.9 Å². The molecule has 0 saturated carbocycles. The lowest BCUT2D eigenvalue weighted by Gasteiger charge is -2.11. The molecule has 0 bridgehead atoms. The lowest BCUT2D eigenvalue weighted by Crippen LogP contribution is -2.16. The number of nitrogen functional groups attached to an aromatic ring is 1. The van der Waals surface area contributed by atoms with Crippen LogP contribution in [-0.4, -0.2) is 38.2 Å². The van der Waals surface area contributed by atoms with E-state index < -0.39 is 23.4 Å². The predicted molar refractivity (Wildman–Crippen MR) is 131 cm³/mol. The number of Topliss-reactive ketones (excluding diaryl/α,β-unsaturated/α-hetero) is 1. The van der Waals surface area contributed by atoms with Crippen LogP contribution in [0, 0.1) is 11.6 Å². The van der Waals surface area contributed by atoms with Gasteiger partial charge in [-0.2, -0.15) is 5.10 Å². The number of hydrogen-bond acceptors (Lipinski definition) is 6. The number of nitrogens with one attached hydrogen (secondary N) is 1. The van der Waals surface area contributed by atoms with Gasteiger partial charge in [-0.3, -0.25) is 9.59 Å². The SMILES string of the molecule is Nc1nc(-c2ccc(Cl)c(C(=O)Nc3cc(C(=O)CCCO)nn3-c3ccccc3)c2)c(F)cc1F. The molecule has 0 aliphatic heterocycles. The van der Waals surface area contributed by atoms with E-state index in [0.717, 1.165) is 0 Å². The number of carbonyl (C=O) groups is 2. The van der Waals surface area contributed by atoms with Crippen LogP contribution < -0.4 is 11.1 Å². The lowest BCUT2D eigenvalue weighted by atomic mass is 10.1. The summed E-state index contributed by atoms with van der Waals surface area (Å²) < 4.78 is 29.3. The number of para-hydroxylation sites is 1. The number of hydrogen-bond donors (Lipinski definition) is 3. The topological polar surface area (TPSA) is 123 Å². The van der Waals surface area contributed by atoms with E-state index in [0.29, 0.717) is 11.8 Å². The Morgan fingerprint density at radius 3 is 2.53 bits per heavy atom. The van der Waals surface area contributed by atoms with E-state index in [4.69, 9.17) is 22.4 Å². The summed E-state index contributed by atoms with van der Waals surface area (Å²) in [5.41, 5.74) is 6.06. The molecule has 2 aromatic heterocycles. The summed E-state index contributed by atoms with van der Waals surface area (Å²) in [6.07, 6.45) is 0.364. The molecule has 2 heterocycles. The highest BCUT2D eigenvalue weighted by Gasteiger charge is 2.20. The second-order valence-corrected chi connectivity index (χ2v) is 8.15. The second-order valence-electron chi connectivity index (χ2n) is 7.75. The summed E-state index contributed by atoms with van der Waals surface area (Å²) in [5, 5.41) is 16.1. The van der Waals surface area contributed by atoms with Gasteiger partial charge in [0.05, 0.1) is 16.3 Å².